The van der Waals surface area contributed by atoms with Gasteiger partial charge in [-0.05, 0) is 42.9 Å². The lowest BCUT2D eigenvalue weighted by Gasteiger charge is -2.29. The van der Waals surface area contributed by atoms with E-state index in [1.54, 1.807) is 19.1 Å². The summed E-state index contributed by atoms with van der Waals surface area (Å²) >= 11 is 0. The molecule has 1 aromatic rings. The second-order valence-corrected chi connectivity index (χ2v) is 6.57. The van der Waals surface area contributed by atoms with E-state index in [9.17, 15) is 14.0 Å². The number of allylic oxidation sites excluding steroid dienone is 1. The van der Waals surface area contributed by atoms with E-state index in [0.29, 0.717) is 33.7 Å². The van der Waals surface area contributed by atoms with Crippen molar-refractivity contribution in [3.8, 4) is 0 Å². The highest BCUT2D eigenvalue weighted by Gasteiger charge is 2.44. The van der Waals surface area contributed by atoms with Crippen LogP contribution < -0.4 is 5.32 Å². The normalized spacial score (nSPS) is 22.5. The molecular formula is C19H18FNO4. The largest absolute Gasteiger partial charge is 0.466 e. The molecule has 5 nitrogen and oxygen atoms in total. The number of ether oxygens (including phenoxy) is 2. The fraction of sp³-hybridized carbons (Fsp3) is 0.368. The Morgan fingerprint density at radius 3 is 2.80 bits per heavy atom. The van der Waals surface area contributed by atoms with Crippen LogP contribution in [-0.4, -0.2) is 25.7 Å². The smallest absolute Gasteiger partial charge is 0.337 e. The molecule has 0 amide bonds. The third kappa shape index (κ3) is 2.44. The maximum Gasteiger partial charge on any atom is 0.337 e. The van der Waals surface area contributed by atoms with Crippen LogP contribution in [0.25, 0.3) is 0 Å². The summed E-state index contributed by atoms with van der Waals surface area (Å²) in [4.78, 5) is 24.8. The number of methoxy groups -OCH3 is 1. The van der Waals surface area contributed by atoms with E-state index in [1.165, 1.54) is 13.2 Å². The molecule has 0 unspecified atom stereocenters. The van der Waals surface area contributed by atoms with Gasteiger partial charge in [-0.15, -0.1) is 0 Å². The summed E-state index contributed by atoms with van der Waals surface area (Å²) in [6, 6.07) is 4.83. The molecule has 3 aliphatic rings. The second kappa shape index (κ2) is 5.72. The average molecular weight is 343 g/mol. The number of dihydropyridines is 1. The SMILES string of the molecule is COC(=O)C1=C(C)NC2=C(C(=O)OC2)[C@@H]1c1cccc(F)c1C1CC1. The lowest BCUT2D eigenvalue weighted by Crippen LogP contribution is -2.30. The van der Waals surface area contributed by atoms with Crippen molar-refractivity contribution in [2.24, 2.45) is 0 Å². The van der Waals surface area contributed by atoms with Gasteiger partial charge in [0.2, 0.25) is 0 Å². The molecule has 6 heteroatoms. The van der Waals surface area contributed by atoms with Gasteiger partial charge >= 0.3 is 11.9 Å². The molecule has 0 bridgehead atoms. The van der Waals surface area contributed by atoms with Crippen molar-refractivity contribution in [2.45, 2.75) is 31.6 Å². The highest BCUT2D eigenvalue weighted by atomic mass is 19.1. The Balaban J connectivity index is 1.95. The molecule has 4 rings (SSSR count). The van der Waals surface area contributed by atoms with E-state index in [2.05, 4.69) is 5.32 Å². The highest BCUT2D eigenvalue weighted by Crippen LogP contribution is 2.49. The van der Waals surface area contributed by atoms with Crippen molar-refractivity contribution in [3.63, 3.8) is 0 Å². The summed E-state index contributed by atoms with van der Waals surface area (Å²) in [6.45, 7) is 1.88. The second-order valence-electron chi connectivity index (χ2n) is 6.57. The first-order valence-corrected chi connectivity index (χ1v) is 8.27. The van der Waals surface area contributed by atoms with E-state index < -0.39 is 17.9 Å². The molecule has 1 aromatic carbocycles. The maximum absolute atomic E-state index is 14.6. The molecule has 1 aliphatic carbocycles. The third-order valence-electron chi connectivity index (χ3n) is 5.00. The first-order valence-electron chi connectivity index (χ1n) is 8.27. The number of hydrogen-bond acceptors (Lipinski definition) is 5. The van der Waals surface area contributed by atoms with Gasteiger partial charge < -0.3 is 14.8 Å². The van der Waals surface area contributed by atoms with E-state index in [0.717, 1.165) is 12.8 Å². The number of hydrogen-bond donors (Lipinski definition) is 1. The Morgan fingerprint density at radius 1 is 1.36 bits per heavy atom. The minimum absolute atomic E-state index is 0.130. The van der Waals surface area contributed by atoms with Gasteiger partial charge in [0.15, 0.2) is 0 Å². The Labute approximate surface area is 144 Å². The van der Waals surface area contributed by atoms with Crippen LogP contribution in [0.4, 0.5) is 4.39 Å². The van der Waals surface area contributed by atoms with Gasteiger partial charge in [0.25, 0.3) is 0 Å². The van der Waals surface area contributed by atoms with Gasteiger partial charge in [0, 0.05) is 5.70 Å². The summed E-state index contributed by atoms with van der Waals surface area (Å²) in [7, 11) is 1.30. The van der Waals surface area contributed by atoms with Crippen LogP contribution in [0.2, 0.25) is 0 Å². The zero-order valence-electron chi connectivity index (χ0n) is 14.0. The minimum atomic E-state index is -0.676. The van der Waals surface area contributed by atoms with E-state index in [1.807, 2.05) is 0 Å². The number of benzene rings is 1. The number of carbonyl (C=O) groups excluding carboxylic acids is 2. The summed E-state index contributed by atoms with van der Waals surface area (Å²) in [6.07, 6.45) is 1.82. The fourth-order valence-corrected chi connectivity index (χ4v) is 3.77. The lowest BCUT2D eigenvalue weighted by molar-refractivity contribution is -0.136. The van der Waals surface area contributed by atoms with E-state index >= 15 is 0 Å². The predicted octanol–water partition coefficient (Wildman–Crippen LogP) is 2.65. The number of esters is 2. The average Bonchev–Trinajstić information content (AvgIpc) is 3.36. The molecule has 25 heavy (non-hydrogen) atoms. The summed E-state index contributed by atoms with van der Waals surface area (Å²) in [5.41, 5.74) is 3.17. The van der Waals surface area contributed by atoms with Crippen LogP contribution in [0, 0.1) is 5.82 Å². The number of carbonyl (C=O) groups is 2. The van der Waals surface area contributed by atoms with Crippen molar-refractivity contribution in [2.75, 3.05) is 13.7 Å². The molecule has 1 saturated carbocycles. The number of cyclic esters (lactones) is 1. The number of halogens is 1. The molecule has 0 spiro atoms. The van der Waals surface area contributed by atoms with Gasteiger partial charge in [-0.25, -0.2) is 14.0 Å². The number of nitrogens with one attached hydrogen (secondary N) is 1. The van der Waals surface area contributed by atoms with Crippen LogP contribution in [0.15, 0.2) is 40.7 Å². The minimum Gasteiger partial charge on any atom is -0.466 e. The molecule has 0 aromatic heterocycles. The van der Waals surface area contributed by atoms with Gasteiger partial charge in [0.05, 0.1) is 29.9 Å². The van der Waals surface area contributed by atoms with Gasteiger partial charge in [-0.1, -0.05) is 12.1 Å². The van der Waals surface area contributed by atoms with Crippen LogP contribution in [0.3, 0.4) is 0 Å². The summed E-state index contributed by atoms with van der Waals surface area (Å²) < 4.78 is 24.7. The van der Waals surface area contributed by atoms with Crippen LogP contribution in [0.5, 0.6) is 0 Å². The van der Waals surface area contributed by atoms with Crippen molar-refractivity contribution in [1.82, 2.24) is 5.32 Å². The summed E-state index contributed by atoms with van der Waals surface area (Å²) in [5.74, 6) is -1.86. The lowest BCUT2D eigenvalue weighted by atomic mass is 9.78. The van der Waals surface area contributed by atoms with Crippen LogP contribution in [-0.2, 0) is 19.1 Å². The molecule has 2 heterocycles. The monoisotopic (exact) mass is 343 g/mol. The molecule has 1 atom stereocenters. The Hall–Kier alpha value is -2.63. The van der Waals surface area contributed by atoms with Crippen LogP contribution >= 0.6 is 0 Å². The molecule has 130 valence electrons. The van der Waals surface area contributed by atoms with E-state index in [-0.39, 0.29) is 18.3 Å². The number of rotatable bonds is 3. The van der Waals surface area contributed by atoms with Crippen molar-refractivity contribution in [3.05, 3.63) is 57.7 Å². The molecule has 0 saturated heterocycles. The molecule has 1 fully saturated rings. The quantitative estimate of drug-likeness (QED) is 0.855. The standard InChI is InChI=1S/C19H18FNO4/c1-9-14(18(22)24-2)16(17-13(21-9)8-25-19(17)23)11-4-3-5-12(20)15(11)10-6-7-10/h3-5,10,16,21H,6-8H2,1-2H3/t16-/m1/s1. The van der Waals surface area contributed by atoms with Crippen molar-refractivity contribution < 1.29 is 23.5 Å². The third-order valence-corrected chi connectivity index (χ3v) is 5.00. The van der Waals surface area contributed by atoms with Crippen molar-refractivity contribution >= 4 is 11.9 Å². The highest BCUT2D eigenvalue weighted by molar-refractivity contribution is 6.01. The summed E-state index contributed by atoms with van der Waals surface area (Å²) in [5, 5.41) is 3.07. The zero-order chi connectivity index (χ0) is 17.7. The van der Waals surface area contributed by atoms with Crippen molar-refractivity contribution in [1.29, 1.82) is 0 Å². The first kappa shape index (κ1) is 15.9. The molecular weight excluding hydrogens is 325 g/mol. The molecule has 0 radical (unpaired) electrons. The predicted molar refractivity (Wildman–Crippen MR) is 87.0 cm³/mol. The Morgan fingerprint density at radius 2 is 2.12 bits per heavy atom. The maximum atomic E-state index is 14.6. The Bertz CT molecular complexity index is 851. The van der Waals surface area contributed by atoms with Crippen LogP contribution in [0.1, 0.15) is 42.7 Å². The zero-order valence-corrected chi connectivity index (χ0v) is 14.0. The molecule has 2 aliphatic heterocycles. The Kier molecular flexibility index (Phi) is 3.63. The van der Waals surface area contributed by atoms with Gasteiger partial charge in [0.1, 0.15) is 12.4 Å². The van der Waals surface area contributed by atoms with Gasteiger partial charge in [-0.2, -0.15) is 0 Å². The molecule has 1 N–H and O–H groups in total. The van der Waals surface area contributed by atoms with Gasteiger partial charge in [-0.3, -0.25) is 0 Å². The van der Waals surface area contributed by atoms with E-state index in [4.69, 9.17) is 9.47 Å². The fourth-order valence-electron chi connectivity index (χ4n) is 3.77. The topological polar surface area (TPSA) is 64.6 Å². The first-order chi connectivity index (χ1) is 12.0.